The first-order chi connectivity index (χ1) is 10.2. The van der Waals surface area contributed by atoms with Crippen LogP contribution in [0.3, 0.4) is 0 Å². The van der Waals surface area contributed by atoms with Crippen molar-refractivity contribution in [1.29, 1.82) is 0 Å². The van der Waals surface area contributed by atoms with E-state index in [0.29, 0.717) is 25.2 Å². The van der Waals surface area contributed by atoms with Crippen LogP contribution in [0.15, 0.2) is 18.2 Å². The van der Waals surface area contributed by atoms with E-state index in [1.807, 2.05) is 0 Å². The van der Waals surface area contributed by atoms with Gasteiger partial charge in [0, 0.05) is 30.9 Å². The lowest BCUT2D eigenvalue weighted by atomic mass is 10.2. The van der Waals surface area contributed by atoms with Crippen LogP contribution in [0.2, 0.25) is 0 Å². The normalized spacial score (nSPS) is 10.9. The summed E-state index contributed by atoms with van der Waals surface area (Å²) >= 11 is 0. The Balaban J connectivity index is 2.29. The van der Waals surface area contributed by atoms with Gasteiger partial charge in [-0.15, -0.1) is 0 Å². The number of amides is 1. The minimum Gasteiger partial charge on any atom is -0.444 e. The lowest BCUT2D eigenvalue weighted by Crippen LogP contribution is -2.33. The number of ether oxygens (including phenoxy) is 1. The van der Waals surface area contributed by atoms with E-state index in [4.69, 9.17) is 4.74 Å². The third-order valence-electron chi connectivity index (χ3n) is 2.50. The molecule has 0 saturated heterocycles. The lowest BCUT2D eigenvalue weighted by molar-refractivity contribution is -0.387. The molecule has 122 valence electrons. The number of halogens is 1. The molecule has 0 unspecified atom stereocenters. The zero-order valence-corrected chi connectivity index (χ0v) is 12.8. The molecular formula is C14H20FN3O4. The first kappa shape index (κ1) is 17.7. The maximum Gasteiger partial charge on any atom is 0.407 e. The van der Waals surface area contributed by atoms with E-state index in [0.717, 1.165) is 12.1 Å². The van der Waals surface area contributed by atoms with Crippen molar-refractivity contribution in [2.45, 2.75) is 32.8 Å². The minimum absolute atomic E-state index is 0.400. The topological polar surface area (TPSA) is 93.5 Å². The SMILES string of the molecule is CC(C)(C)OC(=O)NCCCNc1ccc([N+](=O)[O-])c(F)c1. The minimum atomic E-state index is -0.887. The second kappa shape index (κ2) is 7.58. The van der Waals surface area contributed by atoms with Gasteiger partial charge in [0.15, 0.2) is 0 Å². The molecule has 8 heteroatoms. The molecule has 0 heterocycles. The van der Waals surface area contributed by atoms with Crippen molar-refractivity contribution in [2.24, 2.45) is 0 Å². The van der Waals surface area contributed by atoms with Gasteiger partial charge in [-0.1, -0.05) is 0 Å². The third-order valence-corrected chi connectivity index (χ3v) is 2.50. The number of carbonyl (C=O) groups is 1. The van der Waals surface area contributed by atoms with Crippen LogP contribution in [-0.4, -0.2) is 29.7 Å². The summed E-state index contributed by atoms with van der Waals surface area (Å²) in [5, 5.41) is 16.0. The van der Waals surface area contributed by atoms with Crippen molar-refractivity contribution in [1.82, 2.24) is 5.32 Å². The molecule has 0 aliphatic heterocycles. The van der Waals surface area contributed by atoms with Crippen molar-refractivity contribution in [3.8, 4) is 0 Å². The van der Waals surface area contributed by atoms with Crippen LogP contribution in [0.25, 0.3) is 0 Å². The number of carbonyl (C=O) groups excluding carboxylic acids is 1. The Kier molecular flexibility index (Phi) is 6.09. The van der Waals surface area contributed by atoms with Gasteiger partial charge in [-0.3, -0.25) is 10.1 Å². The number of alkyl carbamates (subject to hydrolysis) is 1. The molecule has 1 aromatic rings. The molecule has 1 amide bonds. The quantitative estimate of drug-likeness (QED) is 0.478. The monoisotopic (exact) mass is 313 g/mol. The number of nitro groups is 1. The molecule has 0 radical (unpaired) electrons. The molecular weight excluding hydrogens is 293 g/mol. The number of hydrogen-bond acceptors (Lipinski definition) is 5. The molecule has 0 saturated carbocycles. The summed E-state index contributed by atoms with van der Waals surface area (Å²) in [6.07, 6.45) is 0.103. The molecule has 0 atom stereocenters. The van der Waals surface area contributed by atoms with Crippen LogP contribution < -0.4 is 10.6 Å². The Morgan fingerprint density at radius 1 is 1.36 bits per heavy atom. The van der Waals surface area contributed by atoms with Crippen molar-refractivity contribution in [2.75, 3.05) is 18.4 Å². The van der Waals surface area contributed by atoms with E-state index in [2.05, 4.69) is 10.6 Å². The average molecular weight is 313 g/mol. The van der Waals surface area contributed by atoms with Gasteiger partial charge in [0.05, 0.1) is 4.92 Å². The van der Waals surface area contributed by atoms with Crippen LogP contribution in [0.5, 0.6) is 0 Å². The fourth-order valence-electron chi connectivity index (χ4n) is 1.59. The lowest BCUT2D eigenvalue weighted by Gasteiger charge is -2.19. The molecule has 7 nitrogen and oxygen atoms in total. The standard InChI is InChI=1S/C14H20FN3O4/c1-14(2,3)22-13(19)17-8-4-7-16-10-5-6-12(18(20)21)11(15)9-10/h5-6,9,16H,4,7-8H2,1-3H3,(H,17,19). The van der Waals surface area contributed by atoms with Crippen LogP contribution >= 0.6 is 0 Å². The Labute approximate surface area is 128 Å². The molecule has 0 spiro atoms. The summed E-state index contributed by atoms with van der Waals surface area (Å²) in [6, 6.07) is 3.61. The highest BCUT2D eigenvalue weighted by atomic mass is 19.1. The van der Waals surface area contributed by atoms with Crippen LogP contribution in [-0.2, 0) is 4.74 Å². The second-order valence-electron chi connectivity index (χ2n) is 5.63. The molecule has 0 aromatic heterocycles. The van der Waals surface area contributed by atoms with Gasteiger partial charge in [-0.25, -0.2) is 4.79 Å². The van der Waals surface area contributed by atoms with Crippen molar-refractivity contribution in [3.63, 3.8) is 0 Å². The molecule has 1 rings (SSSR count). The molecule has 1 aromatic carbocycles. The highest BCUT2D eigenvalue weighted by Crippen LogP contribution is 2.20. The molecule has 2 N–H and O–H groups in total. The fraction of sp³-hybridized carbons (Fsp3) is 0.500. The zero-order chi connectivity index (χ0) is 16.8. The van der Waals surface area contributed by atoms with Crippen molar-refractivity contribution in [3.05, 3.63) is 34.1 Å². The molecule has 0 bridgehead atoms. The highest BCUT2D eigenvalue weighted by Gasteiger charge is 2.15. The smallest absolute Gasteiger partial charge is 0.407 e. The van der Waals surface area contributed by atoms with Gasteiger partial charge in [0.2, 0.25) is 5.82 Å². The molecule has 22 heavy (non-hydrogen) atoms. The number of anilines is 1. The predicted molar refractivity (Wildman–Crippen MR) is 80.4 cm³/mol. The summed E-state index contributed by atoms with van der Waals surface area (Å²) in [6.45, 7) is 6.20. The van der Waals surface area contributed by atoms with Crippen LogP contribution in [0.1, 0.15) is 27.2 Å². The molecule has 0 fully saturated rings. The van der Waals surface area contributed by atoms with E-state index < -0.39 is 28.1 Å². The average Bonchev–Trinajstić information content (AvgIpc) is 2.35. The number of nitrogens with zero attached hydrogens (tertiary/aromatic N) is 1. The number of benzene rings is 1. The van der Waals surface area contributed by atoms with Crippen LogP contribution in [0.4, 0.5) is 20.6 Å². The van der Waals surface area contributed by atoms with E-state index in [-0.39, 0.29) is 0 Å². The van der Waals surface area contributed by atoms with E-state index in [1.54, 1.807) is 20.8 Å². The fourth-order valence-corrected chi connectivity index (χ4v) is 1.59. The summed E-state index contributed by atoms with van der Waals surface area (Å²) in [7, 11) is 0. The zero-order valence-electron chi connectivity index (χ0n) is 12.8. The van der Waals surface area contributed by atoms with Gasteiger partial charge in [0.1, 0.15) is 5.60 Å². The molecule has 0 aliphatic carbocycles. The number of nitrogens with one attached hydrogen (secondary N) is 2. The van der Waals surface area contributed by atoms with Gasteiger partial charge < -0.3 is 15.4 Å². The maximum absolute atomic E-state index is 13.4. The first-order valence-electron chi connectivity index (χ1n) is 6.84. The van der Waals surface area contributed by atoms with Gasteiger partial charge in [0.25, 0.3) is 0 Å². The molecule has 0 aliphatic rings. The van der Waals surface area contributed by atoms with Gasteiger partial charge >= 0.3 is 11.8 Å². The number of rotatable bonds is 6. The Bertz CT molecular complexity index is 543. The third kappa shape index (κ3) is 6.38. The summed E-state index contributed by atoms with van der Waals surface area (Å²) < 4.78 is 18.5. The van der Waals surface area contributed by atoms with Crippen LogP contribution in [0, 0.1) is 15.9 Å². The Morgan fingerprint density at radius 3 is 2.59 bits per heavy atom. The van der Waals surface area contributed by atoms with Crippen molar-refractivity contribution >= 4 is 17.5 Å². The summed E-state index contributed by atoms with van der Waals surface area (Å²) in [5.74, 6) is -0.887. The number of nitro benzene ring substituents is 1. The largest absolute Gasteiger partial charge is 0.444 e. The van der Waals surface area contributed by atoms with Gasteiger partial charge in [-0.05, 0) is 33.3 Å². The van der Waals surface area contributed by atoms with E-state index >= 15 is 0 Å². The summed E-state index contributed by atoms with van der Waals surface area (Å²) in [4.78, 5) is 21.1. The second-order valence-corrected chi connectivity index (χ2v) is 5.63. The van der Waals surface area contributed by atoms with Gasteiger partial charge in [-0.2, -0.15) is 4.39 Å². The maximum atomic E-state index is 13.4. The predicted octanol–water partition coefficient (Wildman–Crippen LogP) is 3.06. The highest BCUT2D eigenvalue weighted by molar-refractivity contribution is 5.67. The van der Waals surface area contributed by atoms with Crippen molar-refractivity contribution < 1.29 is 18.8 Å². The van der Waals surface area contributed by atoms with E-state index in [1.165, 1.54) is 6.07 Å². The first-order valence-corrected chi connectivity index (χ1v) is 6.84. The van der Waals surface area contributed by atoms with E-state index in [9.17, 15) is 19.3 Å². The summed E-state index contributed by atoms with van der Waals surface area (Å²) in [5.41, 5.74) is -0.656. The Hall–Kier alpha value is -2.38. The Morgan fingerprint density at radius 2 is 2.05 bits per heavy atom. The number of hydrogen-bond donors (Lipinski definition) is 2.